The molecule has 3 rings (SSSR count). The van der Waals surface area contributed by atoms with Crippen LogP contribution in [0.15, 0.2) is 18.2 Å². The maximum atomic E-state index is 12.8. The van der Waals surface area contributed by atoms with Crippen molar-refractivity contribution < 1.29 is 13.2 Å². The third-order valence-corrected chi connectivity index (χ3v) is 4.11. The molecule has 2 aromatic rings. The van der Waals surface area contributed by atoms with E-state index in [1.54, 1.807) is 12.1 Å². The van der Waals surface area contributed by atoms with Crippen LogP contribution in [0.5, 0.6) is 0 Å². The van der Waals surface area contributed by atoms with Gasteiger partial charge < -0.3 is 5.73 Å². The lowest BCUT2D eigenvalue weighted by atomic mass is 10.1. The Morgan fingerprint density at radius 3 is 2.58 bits per heavy atom. The van der Waals surface area contributed by atoms with Crippen molar-refractivity contribution in [3.63, 3.8) is 0 Å². The summed E-state index contributed by atoms with van der Waals surface area (Å²) >= 11 is 0. The molecule has 2 aromatic heterocycles. The van der Waals surface area contributed by atoms with E-state index in [2.05, 4.69) is 21.9 Å². The molecule has 0 radical (unpaired) electrons. The van der Waals surface area contributed by atoms with Crippen molar-refractivity contribution in [2.75, 3.05) is 5.73 Å². The lowest BCUT2D eigenvalue weighted by Gasteiger charge is -2.04. The highest BCUT2D eigenvalue weighted by Gasteiger charge is 2.34. The fourth-order valence-electron chi connectivity index (χ4n) is 2.80. The molecule has 7 heteroatoms. The van der Waals surface area contributed by atoms with Crippen molar-refractivity contribution in [1.82, 2.24) is 14.8 Å². The minimum atomic E-state index is -4.49. The summed E-state index contributed by atoms with van der Waals surface area (Å²) in [6, 6.07) is 4.17. The van der Waals surface area contributed by atoms with Crippen LogP contribution in [0.2, 0.25) is 0 Å². The number of halogens is 3. The van der Waals surface area contributed by atoms with Gasteiger partial charge in [-0.1, -0.05) is 18.8 Å². The summed E-state index contributed by atoms with van der Waals surface area (Å²) in [6.07, 6.45) is 0.0105. The van der Waals surface area contributed by atoms with Gasteiger partial charge in [0.15, 0.2) is 5.69 Å². The van der Waals surface area contributed by atoms with Crippen LogP contribution in [-0.2, 0) is 13.2 Å². The van der Waals surface area contributed by atoms with Gasteiger partial charge >= 0.3 is 6.18 Å². The summed E-state index contributed by atoms with van der Waals surface area (Å²) in [5, 5.41) is 3.50. The molecule has 0 aromatic carbocycles. The quantitative estimate of drug-likeness (QED) is 0.810. The molecule has 0 amide bonds. The van der Waals surface area contributed by atoms with Crippen molar-refractivity contribution in [1.29, 1.82) is 0 Å². The number of hydrogen-bond donors (Lipinski definition) is 1. The van der Waals surface area contributed by atoms with Gasteiger partial charge in [-0.05, 0) is 37.0 Å². The molecular weight excluding hydrogens is 317 g/mol. The molecule has 1 aliphatic rings. The molecular formula is C17H17F3N4. The summed E-state index contributed by atoms with van der Waals surface area (Å²) in [5.74, 6) is 6.50. The normalized spacial score (nSPS) is 15.3. The maximum absolute atomic E-state index is 12.8. The number of rotatable bonds is 1. The molecule has 2 heterocycles. The Kier molecular flexibility index (Phi) is 4.22. The number of aromatic nitrogens is 3. The second-order valence-corrected chi connectivity index (χ2v) is 5.92. The highest BCUT2D eigenvalue weighted by Crippen LogP contribution is 2.31. The van der Waals surface area contributed by atoms with Crippen LogP contribution >= 0.6 is 0 Å². The Balaban J connectivity index is 1.95. The topological polar surface area (TPSA) is 56.7 Å². The van der Waals surface area contributed by atoms with E-state index in [4.69, 9.17) is 5.73 Å². The van der Waals surface area contributed by atoms with Crippen molar-refractivity contribution in [3.05, 3.63) is 29.6 Å². The molecule has 2 N–H and O–H groups in total. The Bertz CT molecular complexity index is 805. The average molecular weight is 334 g/mol. The molecule has 1 saturated carbocycles. The summed E-state index contributed by atoms with van der Waals surface area (Å²) in [5.41, 5.74) is 6.40. The van der Waals surface area contributed by atoms with Crippen LogP contribution in [-0.4, -0.2) is 14.8 Å². The largest absolute Gasteiger partial charge is 0.435 e. The Labute approximate surface area is 137 Å². The molecule has 0 spiro atoms. The van der Waals surface area contributed by atoms with Crippen molar-refractivity contribution in [2.24, 2.45) is 13.0 Å². The van der Waals surface area contributed by atoms with Crippen LogP contribution in [0.25, 0.3) is 11.4 Å². The van der Waals surface area contributed by atoms with Crippen LogP contribution < -0.4 is 5.73 Å². The standard InChI is InChI=1S/C17H17F3N4/c1-24-15(10-16(23-24)17(18,19)20)14-9-7-12(21)13(22-14)8-6-11-4-2-3-5-11/h7,9-11H,2-5,21H2,1H3. The molecule has 126 valence electrons. The zero-order valence-electron chi connectivity index (χ0n) is 13.2. The predicted molar refractivity (Wildman–Crippen MR) is 84.7 cm³/mol. The van der Waals surface area contributed by atoms with E-state index < -0.39 is 11.9 Å². The molecule has 0 atom stereocenters. The van der Waals surface area contributed by atoms with E-state index in [9.17, 15) is 13.2 Å². The second-order valence-electron chi connectivity index (χ2n) is 5.92. The van der Waals surface area contributed by atoms with Crippen molar-refractivity contribution in [3.8, 4) is 23.2 Å². The van der Waals surface area contributed by atoms with Gasteiger partial charge in [0.05, 0.1) is 17.1 Å². The Morgan fingerprint density at radius 1 is 1.25 bits per heavy atom. The maximum Gasteiger partial charge on any atom is 0.435 e. The van der Waals surface area contributed by atoms with E-state index in [0.717, 1.165) is 23.6 Å². The van der Waals surface area contributed by atoms with E-state index in [-0.39, 0.29) is 5.69 Å². The number of pyridine rings is 1. The first-order chi connectivity index (χ1) is 11.3. The minimum absolute atomic E-state index is 0.270. The van der Waals surface area contributed by atoms with Gasteiger partial charge in [-0.15, -0.1) is 0 Å². The number of anilines is 1. The van der Waals surface area contributed by atoms with Crippen LogP contribution in [0.4, 0.5) is 18.9 Å². The average Bonchev–Trinajstić information content (AvgIpc) is 3.15. The first-order valence-corrected chi connectivity index (χ1v) is 7.74. The van der Waals surface area contributed by atoms with Gasteiger partial charge in [-0.3, -0.25) is 4.68 Å². The van der Waals surface area contributed by atoms with E-state index in [1.165, 1.54) is 19.9 Å². The molecule has 0 aliphatic heterocycles. The minimum Gasteiger partial charge on any atom is -0.396 e. The van der Waals surface area contributed by atoms with E-state index >= 15 is 0 Å². The first kappa shape index (κ1) is 16.4. The molecule has 0 saturated heterocycles. The fraction of sp³-hybridized carbons (Fsp3) is 0.412. The van der Waals surface area contributed by atoms with E-state index in [1.807, 2.05) is 0 Å². The highest BCUT2D eigenvalue weighted by molar-refractivity contribution is 5.62. The SMILES string of the molecule is Cn1nc(C(F)(F)F)cc1-c1ccc(N)c(C#CC2CCCC2)n1. The Morgan fingerprint density at radius 2 is 1.96 bits per heavy atom. The van der Waals surface area contributed by atoms with Gasteiger partial charge in [-0.2, -0.15) is 18.3 Å². The fourth-order valence-corrected chi connectivity index (χ4v) is 2.80. The van der Waals surface area contributed by atoms with Gasteiger partial charge in [0, 0.05) is 13.0 Å². The Hall–Kier alpha value is -2.49. The molecule has 1 aliphatic carbocycles. The summed E-state index contributed by atoms with van der Waals surface area (Å²) in [6.45, 7) is 0. The molecule has 1 fully saturated rings. The van der Waals surface area contributed by atoms with Crippen LogP contribution in [0.1, 0.15) is 37.1 Å². The summed E-state index contributed by atoms with van der Waals surface area (Å²) in [4.78, 5) is 4.33. The van der Waals surface area contributed by atoms with Gasteiger partial charge in [0.2, 0.25) is 0 Å². The number of nitrogens with two attached hydrogens (primary N) is 1. The van der Waals surface area contributed by atoms with Crippen LogP contribution in [0, 0.1) is 17.8 Å². The molecule has 0 bridgehead atoms. The van der Waals surface area contributed by atoms with Gasteiger partial charge in [-0.25, -0.2) is 4.98 Å². The monoisotopic (exact) mass is 334 g/mol. The van der Waals surface area contributed by atoms with Crippen molar-refractivity contribution in [2.45, 2.75) is 31.9 Å². The number of alkyl halides is 3. The number of nitrogen functional groups attached to an aromatic ring is 1. The zero-order chi connectivity index (χ0) is 17.3. The summed E-state index contributed by atoms with van der Waals surface area (Å²) < 4.78 is 39.5. The van der Waals surface area contributed by atoms with Crippen LogP contribution in [0.3, 0.4) is 0 Å². The number of aryl methyl sites for hydroxylation is 1. The third-order valence-electron chi connectivity index (χ3n) is 4.11. The van der Waals surface area contributed by atoms with Gasteiger partial charge in [0.25, 0.3) is 0 Å². The number of nitrogens with zero attached hydrogens (tertiary/aromatic N) is 3. The molecule has 24 heavy (non-hydrogen) atoms. The molecule has 0 unspecified atom stereocenters. The van der Waals surface area contributed by atoms with Gasteiger partial charge in [0.1, 0.15) is 5.69 Å². The zero-order valence-corrected chi connectivity index (χ0v) is 13.2. The van der Waals surface area contributed by atoms with Crippen molar-refractivity contribution >= 4 is 5.69 Å². The smallest absolute Gasteiger partial charge is 0.396 e. The molecule has 4 nitrogen and oxygen atoms in total. The first-order valence-electron chi connectivity index (χ1n) is 7.74. The lowest BCUT2D eigenvalue weighted by Crippen LogP contribution is -2.06. The van der Waals surface area contributed by atoms with E-state index in [0.29, 0.717) is 23.0 Å². The predicted octanol–water partition coefficient (Wildman–Crippen LogP) is 3.62. The second kappa shape index (κ2) is 6.19. The highest BCUT2D eigenvalue weighted by atomic mass is 19.4. The third kappa shape index (κ3) is 3.37. The summed E-state index contributed by atoms with van der Waals surface area (Å²) in [7, 11) is 1.45. The number of hydrogen-bond acceptors (Lipinski definition) is 3. The lowest BCUT2D eigenvalue weighted by molar-refractivity contribution is -0.141.